The van der Waals surface area contributed by atoms with E-state index in [0.717, 1.165) is 35.6 Å². The van der Waals surface area contributed by atoms with Gasteiger partial charge in [0.1, 0.15) is 23.3 Å². The lowest BCUT2D eigenvalue weighted by molar-refractivity contribution is -0.384. The Balaban J connectivity index is 1.90. The van der Waals surface area contributed by atoms with Crippen LogP contribution < -0.4 is 14.8 Å². The molecule has 1 aliphatic rings. The van der Waals surface area contributed by atoms with Crippen molar-refractivity contribution in [3.8, 4) is 11.5 Å². The van der Waals surface area contributed by atoms with E-state index in [0.29, 0.717) is 12.4 Å². The Hall–Kier alpha value is -2.81. The smallest absolute Gasteiger partial charge is 0.293 e. The van der Waals surface area contributed by atoms with Crippen LogP contribution in [-0.4, -0.2) is 32.3 Å². The first kappa shape index (κ1) is 19.9. The van der Waals surface area contributed by atoms with Crippen LogP contribution in [0.4, 0.5) is 11.4 Å². The number of nitro benzene ring substituents is 1. The lowest BCUT2D eigenvalue weighted by atomic mass is 10.1. The van der Waals surface area contributed by atoms with Crippen LogP contribution in [0, 0.1) is 10.1 Å². The van der Waals surface area contributed by atoms with Gasteiger partial charge in [-0.05, 0) is 38.1 Å². The number of benzene rings is 2. The predicted molar refractivity (Wildman–Crippen MR) is 105 cm³/mol. The van der Waals surface area contributed by atoms with E-state index in [1.54, 1.807) is 0 Å². The summed E-state index contributed by atoms with van der Waals surface area (Å²) in [6.07, 6.45) is 1.91. The number of hydrogen-bond acceptors (Lipinski definition) is 7. The van der Waals surface area contributed by atoms with Gasteiger partial charge in [-0.2, -0.15) is 0 Å². The maximum Gasteiger partial charge on any atom is 0.293 e. The van der Waals surface area contributed by atoms with E-state index in [-0.39, 0.29) is 28.9 Å². The zero-order chi connectivity index (χ0) is 20.5. The van der Waals surface area contributed by atoms with Gasteiger partial charge >= 0.3 is 0 Å². The third kappa shape index (κ3) is 4.19. The number of nitrogens with zero attached hydrogens (tertiary/aromatic N) is 1. The Kier molecular flexibility index (Phi) is 5.46. The average Bonchev–Trinajstić information content (AvgIpc) is 2.97. The molecule has 28 heavy (non-hydrogen) atoms. The van der Waals surface area contributed by atoms with Gasteiger partial charge in [0.2, 0.25) is 0 Å². The Bertz CT molecular complexity index is 1020. The molecule has 0 aliphatic carbocycles. The fourth-order valence-corrected chi connectivity index (χ4v) is 3.78. The molecule has 1 N–H and O–H groups in total. The van der Waals surface area contributed by atoms with E-state index in [1.165, 1.54) is 12.1 Å². The van der Waals surface area contributed by atoms with Crippen molar-refractivity contribution in [2.75, 3.05) is 18.2 Å². The first-order valence-electron chi connectivity index (χ1n) is 8.86. The zero-order valence-corrected chi connectivity index (χ0v) is 16.7. The van der Waals surface area contributed by atoms with Crippen molar-refractivity contribution in [3.05, 3.63) is 51.6 Å². The largest absolute Gasteiger partial charge is 0.494 e. The summed E-state index contributed by atoms with van der Waals surface area (Å²) in [7, 11) is -3.54. The van der Waals surface area contributed by atoms with Crippen LogP contribution >= 0.6 is 0 Å². The van der Waals surface area contributed by atoms with Crippen molar-refractivity contribution in [1.82, 2.24) is 0 Å². The highest BCUT2D eigenvalue weighted by molar-refractivity contribution is 7.90. The molecule has 0 unspecified atom stereocenters. The number of nitro groups is 1. The molecule has 9 heteroatoms. The summed E-state index contributed by atoms with van der Waals surface area (Å²) in [6.45, 7) is 4.63. The standard InChI is InChI=1S/C19H22N2O6S/c1-4-26-18-8-13-7-12(2)27-19(13)9-14(18)11-20-16-6-5-15(28(3,24)25)10-17(16)21(22)23/h5-6,8-10,12,20H,4,7,11H2,1-3H3/t12-/m0/s1. The molecule has 1 heterocycles. The van der Waals surface area contributed by atoms with Crippen molar-refractivity contribution in [2.24, 2.45) is 0 Å². The quantitative estimate of drug-likeness (QED) is 0.555. The van der Waals surface area contributed by atoms with Gasteiger partial charge in [-0.3, -0.25) is 10.1 Å². The zero-order valence-electron chi connectivity index (χ0n) is 15.9. The molecule has 2 aromatic carbocycles. The molecule has 1 aliphatic heterocycles. The lowest BCUT2D eigenvalue weighted by Gasteiger charge is -2.14. The van der Waals surface area contributed by atoms with Gasteiger partial charge in [-0.1, -0.05) is 0 Å². The van der Waals surface area contributed by atoms with E-state index >= 15 is 0 Å². The summed E-state index contributed by atoms with van der Waals surface area (Å²) in [6, 6.07) is 7.64. The molecule has 0 bridgehead atoms. The minimum absolute atomic E-state index is 0.0947. The number of hydrogen-bond donors (Lipinski definition) is 1. The van der Waals surface area contributed by atoms with Crippen molar-refractivity contribution < 1.29 is 22.8 Å². The topological polar surface area (TPSA) is 108 Å². The summed E-state index contributed by atoms with van der Waals surface area (Å²) < 4.78 is 34.9. The van der Waals surface area contributed by atoms with Gasteiger partial charge in [-0.15, -0.1) is 0 Å². The second-order valence-corrected chi connectivity index (χ2v) is 8.71. The van der Waals surface area contributed by atoms with Gasteiger partial charge in [0.25, 0.3) is 5.69 Å². The Morgan fingerprint density at radius 2 is 2.07 bits per heavy atom. The molecule has 3 rings (SSSR count). The van der Waals surface area contributed by atoms with Gasteiger partial charge in [-0.25, -0.2) is 8.42 Å². The first-order valence-corrected chi connectivity index (χ1v) is 10.8. The van der Waals surface area contributed by atoms with E-state index < -0.39 is 14.8 Å². The van der Waals surface area contributed by atoms with Crippen LogP contribution in [0.2, 0.25) is 0 Å². The Morgan fingerprint density at radius 1 is 1.32 bits per heavy atom. The van der Waals surface area contributed by atoms with Gasteiger partial charge in [0.05, 0.1) is 16.4 Å². The molecule has 0 saturated heterocycles. The molecular formula is C19H22N2O6S. The highest BCUT2D eigenvalue weighted by Gasteiger charge is 2.23. The second-order valence-electron chi connectivity index (χ2n) is 6.70. The van der Waals surface area contributed by atoms with E-state index in [2.05, 4.69) is 5.32 Å². The van der Waals surface area contributed by atoms with Crippen molar-refractivity contribution in [2.45, 2.75) is 37.8 Å². The summed E-state index contributed by atoms with van der Waals surface area (Å²) >= 11 is 0. The molecular weight excluding hydrogens is 384 g/mol. The fraction of sp³-hybridized carbons (Fsp3) is 0.368. The molecule has 0 fully saturated rings. The molecule has 1 atom stereocenters. The fourth-order valence-electron chi connectivity index (χ4n) is 3.14. The van der Waals surface area contributed by atoms with Crippen LogP contribution in [0.15, 0.2) is 35.2 Å². The normalized spacial score (nSPS) is 15.6. The summed E-state index contributed by atoms with van der Waals surface area (Å²) in [5, 5.41) is 14.4. The molecule has 0 spiro atoms. The first-order chi connectivity index (χ1) is 13.2. The maximum absolute atomic E-state index is 11.7. The van der Waals surface area contributed by atoms with Gasteiger partial charge in [0.15, 0.2) is 9.84 Å². The highest BCUT2D eigenvalue weighted by Crippen LogP contribution is 2.36. The minimum atomic E-state index is -3.54. The molecule has 0 amide bonds. The lowest BCUT2D eigenvalue weighted by Crippen LogP contribution is -2.07. The van der Waals surface area contributed by atoms with E-state index in [1.807, 2.05) is 26.0 Å². The van der Waals surface area contributed by atoms with Crippen LogP contribution in [0.5, 0.6) is 11.5 Å². The SMILES string of the molecule is CCOc1cc2c(cc1CNc1ccc(S(C)(=O)=O)cc1[N+](=O)[O-])O[C@@H](C)C2. The monoisotopic (exact) mass is 406 g/mol. The highest BCUT2D eigenvalue weighted by atomic mass is 32.2. The average molecular weight is 406 g/mol. The van der Waals surface area contributed by atoms with Crippen molar-refractivity contribution in [3.63, 3.8) is 0 Å². The Morgan fingerprint density at radius 3 is 2.71 bits per heavy atom. The van der Waals surface area contributed by atoms with Crippen LogP contribution in [0.25, 0.3) is 0 Å². The third-order valence-electron chi connectivity index (χ3n) is 4.44. The maximum atomic E-state index is 11.7. The molecule has 0 saturated carbocycles. The summed E-state index contributed by atoms with van der Waals surface area (Å²) in [5.41, 5.74) is 1.81. The third-order valence-corrected chi connectivity index (χ3v) is 5.55. The summed E-state index contributed by atoms with van der Waals surface area (Å²) in [5.74, 6) is 1.48. The molecule has 8 nitrogen and oxygen atoms in total. The van der Waals surface area contributed by atoms with Gasteiger partial charge < -0.3 is 14.8 Å². The molecule has 150 valence electrons. The van der Waals surface area contributed by atoms with E-state index in [4.69, 9.17) is 9.47 Å². The summed E-state index contributed by atoms with van der Waals surface area (Å²) in [4.78, 5) is 10.7. The second kappa shape index (κ2) is 7.67. The van der Waals surface area contributed by atoms with Gasteiger partial charge in [0, 0.05) is 36.4 Å². The number of anilines is 1. The number of nitrogens with one attached hydrogen (secondary N) is 1. The number of fused-ring (bicyclic) bond motifs is 1. The van der Waals surface area contributed by atoms with Crippen molar-refractivity contribution >= 4 is 21.2 Å². The van der Waals surface area contributed by atoms with Crippen LogP contribution in [0.1, 0.15) is 25.0 Å². The molecule has 0 radical (unpaired) electrons. The Labute approximate surface area is 163 Å². The minimum Gasteiger partial charge on any atom is -0.494 e. The number of rotatable bonds is 7. The van der Waals surface area contributed by atoms with Crippen LogP contribution in [-0.2, 0) is 22.8 Å². The van der Waals surface area contributed by atoms with Crippen molar-refractivity contribution in [1.29, 1.82) is 0 Å². The molecule has 0 aromatic heterocycles. The molecule has 2 aromatic rings. The number of sulfone groups is 1. The van der Waals surface area contributed by atoms with Crippen LogP contribution in [0.3, 0.4) is 0 Å². The predicted octanol–water partition coefficient (Wildman–Crippen LogP) is 3.33. The number of ether oxygens (including phenoxy) is 2. The van der Waals surface area contributed by atoms with E-state index in [9.17, 15) is 18.5 Å².